The Bertz CT molecular complexity index is 661. The Kier molecular flexibility index (Phi) is 3.68. The van der Waals surface area contributed by atoms with Gasteiger partial charge in [-0.2, -0.15) is 0 Å². The van der Waals surface area contributed by atoms with E-state index in [1.54, 1.807) is 36.0 Å². The van der Waals surface area contributed by atoms with E-state index in [2.05, 4.69) is 10.3 Å². The molecule has 0 spiro atoms. The smallest absolute Gasteiger partial charge is 0.175 e. The van der Waals surface area contributed by atoms with Gasteiger partial charge in [-0.05, 0) is 17.7 Å². The number of nitrogens with two attached hydrogens (primary N) is 1. The maximum atomic E-state index is 11.4. The average Bonchev–Trinajstić information content (AvgIpc) is 2.74. The van der Waals surface area contributed by atoms with Crippen LogP contribution in [0.1, 0.15) is 17.3 Å². The fourth-order valence-electron chi connectivity index (χ4n) is 1.79. The van der Waals surface area contributed by atoms with Crippen molar-refractivity contribution in [2.24, 2.45) is 12.8 Å². The highest BCUT2D eigenvalue weighted by Crippen LogP contribution is 2.17. The summed E-state index contributed by atoms with van der Waals surface area (Å²) in [6, 6.07) is 6.38. The van der Waals surface area contributed by atoms with Crippen LogP contribution in [0.2, 0.25) is 0 Å². The first kappa shape index (κ1) is 13.7. The summed E-state index contributed by atoms with van der Waals surface area (Å²) in [4.78, 5) is 0.294. The Morgan fingerprint density at radius 1 is 1.32 bits per heavy atom. The van der Waals surface area contributed by atoms with Crippen LogP contribution in [0.25, 0.3) is 0 Å². The standard InChI is InChI=1S/C12H16N4O2S/c1-16-8-10(14-15-16)7-12(13)9-3-5-11(6-4-9)19(2,17)18/h3-6,8,12H,7,13H2,1-2H3. The number of nitrogens with zero attached hydrogens (tertiary/aromatic N) is 3. The lowest BCUT2D eigenvalue weighted by atomic mass is 10.0. The Balaban J connectivity index is 2.14. The van der Waals surface area contributed by atoms with Gasteiger partial charge < -0.3 is 5.73 Å². The molecule has 1 unspecified atom stereocenters. The van der Waals surface area contributed by atoms with E-state index in [4.69, 9.17) is 5.73 Å². The third-order valence-electron chi connectivity index (χ3n) is 2.82. The number of rotatable bonds is 4. The highest BCUT2D eigenvalue weighted by atomic mass is 32.2. The molecule has 0 aliphatic carbocycles. The second-order valence-corrected chi connectivity index (χ2v) is 6.55. The Hall–Kier alpha value is -1.73. The van der Waals surface area contributed by atoms with Crippen molar-refractivity contribution in [2.75, 3.05) is 6.26 Å². The Morgan fingerprint density at radius 3 is 2.42 bits per heavy atom. The number of hydrogen-bond acceptors (Lipinski definition) is 5. The lowest BCUT2D eigenvalue weighted by Crippen LogP contribution is -2.13. The molecule has 6 nitrogen and oxygen atoms in total. The first-order valence-corrected chi connectivity index (χ1v) is 7.66. The van der Waals surface area contributed by atoms with Crippen LogP contribution in [-0.2, 0) is 23.3 Å². The fourth-order valence-corrected chi connectivity index (χ4v) is 2.42. The molecule has 19 heavy (non-hydrogen) atoms. The number of aromatic nitrogens is 3. The highest BCUT2D eigenvalue weighted by molar-refractivity contribution is 7.90. The van der Waals surface area contributed by atoms with Crippen LogP contribution < -0.4 is 5.73 Å². The number of sulfone groups is 1. The topological polar surface area (TPSA) is 90.9 Å². The monoisotopic (exact) mass is 280 g/mol. The van der Waals surface area contributed by atoms with E-state index in [0.29, 0.717) is 11.3 Å². The van der Waals surface area contributed by atoms with Crippen molar-refractivity contribution in [3.8, 4) is 0 Å². The summed E-state index contributed by atoms with van der Waals surface area (Å²) < 4.78 is 24.3. The molecule has 1 atom stereocenters. The first-order valence-electron chi connectivity index (χ1n) is 5.77. The maximum Gasteiger partial charge on any atom is 0.175 e. The predicted molar refractivity (Wildman–Crippen MR) is 71.2 cm³/mol. The Labute approximate surface area is 112 Å². The van der Waals surface area contributed by atoms with Gasteiger partial charge in [-0.1, -0.05) is 17.3 Å². The molecule has 0 saturated heterocycles. The largest absolute Gasteiger partial charge is 0.324 e. The molecule has 0 bridgehead atoms. The van der Waals surface area contributed by atoms with E-state index in [1.807, 2.05) is 6.20 Å². The molecule has 2 N–H and O–H groups in total. The minimum atomic E-state index is -3.17. The second kappa shape index (κ2) is 5.10. The molecule has 102 valence electrons. The zero-order valence-corrected chi connectivity index (χ0v) is 11.6. The van der Waals surface area contributed by atoms with Crippen molar-refractivity contribution >= 4 is 9.84 Å². The van der Waals surface area contributed by atoms with E-state index in [1.165, 1.54) is 6.26 Å². The fraction of sp³-hybridized carbons (Fsp3) is 0.333. The van der Waals surface area contributed by atoms with Gasteiger partial charge in [-0.3, -0.25) is 4.68 Å². The molecular weight excluding hydrogens is 264 g/mol. The van der Waals surface area contributed by atoms with Gasteiger partial charge in [0.25, 0.3) is 0 Å². The van der Waals surface area contributed by atoms with E-state index in [0.717, 1.165) is 11.3 Å². The molecule has 0 radical (unpaired) electrons. The Morgan fingerprint density at radius 2 is 1.95 bits per heavy atom. The average molecular weight is 280 g/mol. The number of hydrogen-bond donors (Lipinski definition) is 1. The van der Waals surface area contributed by atoms with Crippen LogP contribution in [-0.4, -0.2) is 29.7 Å². The van der Waals surface area contributed by atoms with Gasteiger partial charge >= 0.3 is 0 Å². The summed E-state index contributed by atoms with van der Waals surface area (Å²) in [5, 5.41) is 7.82. The summed E-state index contributed by atoms with van der Waals surface area (Å²) in [5.41, 5.74) is 7.75. The SMILES string of the molecule is Cn1cc(CC(N)c2ccc(S(C)(=O)=O)cc2)nn1. The van der Waals surface area contributed by atoms with Crippen molar-refractivity contribution in [1.82, 2.24) is 15.0 Å². The third-order valence-corrected chi connectivity index (χ3v) is 3.94. The third kappa shape index (κ3) is 3.39. The van der Waals surface area contributed by atoms with Crippen LogP contribution in [0.5, 0.6) is 0 Å². The van der Waals surface area contributed by atoms with Crippen molar-refractivity contribution in [3.05, 3.63) is 41.7 Å². The van der Waals surface area contributed by atoms with Crippen LogP contribution in [0.15, 0.2) is 35.4 Å². The number of benzene rings is 1. The summed E-state index contributed by atoms with van der Waals surface area (Å²) in [6.45, 7) is 0. The molecule has 0 saturated carbocycles. The minimum Gasteiger partial charge on any atom is -0.324 e. The normalized spacial score (nSPS) is 13.4. The molecule has 0 aliphatic heterocycles. The van der Waals surface area contributed by atoms with E-state index < -0.39 is 9.84 Å². The molecule has 1 heterocycles. The van der Waals surface area contributed by atoms with E-state index in [-0.39, 0.29) is 6.04 Å². The maximum absolute atomic E-state index is 11.4. The van der Waals surface area contributed by atoms with Gasteiger partial charge in [0.1, 0.15) is 0 Å². The lowest BCUT2D eigenvalue weighted by molar-refractivity contribution is 0.601. The highest BCUT2D eigenvalue weighted by Gasteiger charge is 2.11. The van der Waals surface area contributed by atoms with Crippen molar-refractivity contribution in [2.45, 2.75) is 17.4 Å². The van der Waals surface area contributed by atoms with E-state index >= 15 is 0 Å². The van der Waals surface area contributed by atoms with Gasteiger partial charge in [-0.25, -0.2) is 8.42 Å². The van der Waals surface area contributed by atoms with Crippen molar-refractivity contribution < 1.29 is 8.42 Å². The van der Waals surface area contributed by atoms with Crippen molar-refractivity contribution in [3.63, 3.8) is 0 Å². The molecular formula is C12H16N4O2S. The van der Waals surface area contributed by atoms with Gasteiger partial charge in [0, 0.05) is 32.0 Å². The molecule has 2 rings (SSSR count). The second-order valence-electron chi connectivity index (χ2n) is 4.54. The van der Waals surface area contributed by atoms with Crippen LogP contribution >= 0.6 is 0 Å². The lowest BCUT2D eigenvalue weighted by Gasteiger charge is -2.10. The molecule has 0 amide bonds. The zero-order valence-electron chi connectivity index (χ0n) is 10.8. The van der Waals surface area contributed by atoms with Crippen molar-refractivity contribution in [1.29, 1.82) is 0 Å². The van der Waals surface area contributed by atoms with Gasteiger partial charge in [0.15, 0.2) is 9.84 Å². The summed E-state index contributed by atoms with van der Waals surface area (Å²) in [5.74, 6) is 0. The van der Waals surface area contributed by atoms with Gasteiger partial charge in [-0.15, -0.1) is 5.10 Å². The molecule has 7 heteroatoms. The molecule has 0 aliphatic rings. The summed E-state index contributed by atoms with van der Waals surface area (Å²) in [6.07, 6.45) is 3.55. The van der Waals surface area contributed by atoms with Gasteiger partial charge in [0.05, 0.1) is 10.6 Å². The molecule has 0 fully saturated rings. The predicted octanol–water partition coefficient (Wildman–Crippen LogP) is 0.461. The quantitative estimate of drug-likeness (QED) is 0.878. The van der Waals surface area contributed by atoms with Crippen LogP contribution in [0.4, 0.5) is 0 Å². The zero-order chi connectivity index (χ0) is 14.0. The molecule has 2 aromatic rings. The molecule has 1 aromatic heterocycles. The minimum absolute atomic E-state index is 0.231. The van der Waals surface area contributed by atoms with Crippen LogP contribution in [0.3, 0.4) is 0 Å². The number of aryl methyl sites for hydroxylation is 1. The summed E-state index contributed by atoms with van der Waals surface area (Å²) in [7, 11) is -1.37. The van der Waals surface area contributed by atoms with Crippen LogP contribution in [0, 0.1) is 0 Å². The molecule has 1 aromatic carbocycles. The first-order chi connectivity index (χ1) is 8.86. The summed E-state index contributed by atoms with van der Waals surface area (Å²) >= 11 is 0. The van der Waals surface area contributed by atoms with Gasteiger partial charge in [0.2, 0.25) is 0 Å². The van der Waals surface area contributed by atoms with E-state index in [9.17, 15) is 8.42 Å².